The van der Waals surface area contributed by atoms with E-state index in [2.05, 4.69) is 5.32 Å². The Kier molecular flexibility index (Phi) is 5.40. The van der Waals surface area contributed by atoms with Crippen LogP contribution in [0.3, 0.4) is 0 Å². The number of benzene rings is 1. The molecule has 5 nitrogen and oxygen atoms in total. The van der Waals surface area contributed by atoms with Crippen molar-refractivity contribution in [1.29, 1.82) is 0 Å². The Morgan fingerprint density at radius 3 is 2.76 bits per heavy atom. The molecule has 0 saturated carbocycles. The predicted molar refractivity (Wildman–Crippen MR) is 93.3 cm³/mol. The van der Waals surface area contributed by atoms with Crippen LogP contribution in [-0.2, 0) is 9.53 Å². The summed E-state index contributed by atoms with van der Waals surface area (Å²) in [5.41, 5.74) is 0.484. The van der Waals surface area contributed by atoms with Gasteiger partial charge in [0.05, 0.1) is 6.10 Å². The number of nitrogens with one attached hydrogen (secondary N) is 1. The zero-order valence-electron chi connectivity index (χ0n) is 13.7. The molecule has 1 fully saturated rings. The van der Waals surface area contributed by atoms with Crippen LogP contribution in [0.4, 0.5) is 4.39 Å². The van der Waals surface area contributed by atoms with Crippen LogP contribution in [0.25, 0.3) is 11.8 Å². The highest BCUT2D eigenvalue weighted by molar-refractivity contribution is 6.18. The van der Waals surface area contributed by atoms with E-state index in [0.717, 1.165) is 12.8 Å². The minimum Gasteiger partial charge on any atom is -0.376 e. The summed E-state index contributed by atoms with van der Waals surface area (Å²) in [7, 11) is 0. The van der Waals surface area contributed by atoms with Crippen LogP contribution in [0.2, 0.25) is 0 Å². The number of amides is 1. The lowest BCUT2D eigenvalue weighted by molar-refractivity contribution is -0.116. The minimum atomic E-state index is -0.381. The SMILES string of the molecule is O=C(NC[C@H]1CCCO1)/C(=C\c1ccc(F)cc1)n1ccccc1=O. The summed E-state index contributed by atoms with van der Waals surface area (Å²) in [5.74, 6) is -0.744. The summed E-state index contributed by atoms with van der Waals surface area (Å²) in [6, 6.07) is 10.4. The summed E-state index contributed by atoms with van der Waals surface area (Å²) in [5, 5.41) is 2.82. The van der Waals surface area contributed by atoms with Crippen LogP contribution in [0, 0.1) is 5.82 Å². The van der Waals surface area contributed by atoms with Gasteiger partial charge in [-0.3, -0.25) is 14.2 Å². The average molecular weight is 342 g/mol. The van der Waals surface area contributed by atoms with Gasteiger partial charge in [0, 0.05) is 25.4 Å². The first-order chi connectivity index (χ1) is 12.1. The van der Waals surface area contributed by atoms with E-state index in [-0.39, 0.29) is 29.1 Å². The lowest BCUT2D eigenvalue weighted by Crippen LogP contribution is -2.35. The molecule has 1 atom stereocenters. The van der Waals surface area contributed by atoms with Crippen LogP contribution >= 0.6 is 0 Å². The molecule has 2 heterocycles. The van der Waals surface area contributed by atoms with Gasteiger partial charge in [0.15, 0.2) is 0 Å². The lowest BCUT2D eigenvalue weighted by atomic mass is 10.1. The average Bonchev–Trinajstić information content (AvgIpc) is 3.13. The Bertz CT molecular complexity index is 821. The van der Waals surface area contributed by atoms with Gasteiger partial charge in [-0.2, -0.15) is 0 Å². The van der Waals surface area contributed by atoms with E-state index in [0.29, 0.717) is 18.7 Å². The smallest absolute Gasteiger partial charge is 0.268 e. The molecular formula is C19H19FN2O3. The van der Waals surface area contributed by atoms with Crippen LogP contribution in [0.5, 0.6) is 0 Å². The number of pyridine rings is 1. The van der Waals surface area contributed by atoms with Crippen LogP contribution in [0.15, 0.2) is 53.5 Å². The molecule has 130 valence electrons. The topological polar surface area (TPSA) is 60.3 Å². The van der Waals surface area contributed by atoms with E-state index in [1.807, 2.05) is 0 Å². The van der Waals surface area contributed by atoms with Gasteiger partial charge >= 0.3 is 0 Å². The molecule has 1 aromatic carbocycles. The number of hydrogen-bond donors (Lipinski definition) is 1. The van der Waals surface area contributed by atoms with Gasteiger partial charge in [-0.25, -0.2) is 4.39 Å². The second kappa shape index (κ2) is 7.90. The minimum absolute atomic E-state index is 0.00326. The van der Waals surface area contributed by atoms with Gasteiger partial charge in [-0.15, -0.1) is 0 Å². The zero-order valence-corrected chi connectivity index (χ0v) is 13.7. The molecule has 1 aliphatic heterocycles. The molecule has 0 bridgehead atoms. The maximum Gasteiger partial charge on any atom is 0.268 e. The molecule has 6 heteroatoms. The second-order valence-corrected chi connectivity index (χ2v) is 5.84. The summed E-state index contributed by atoms with van der Waals surface area (Å²) in [4.78, 5) is 24.8. The number of hydrogen-bond acceptors (Lipinski definition) is 3. The second-order valence-electron chi connectivity index (χ2n) is 5.84. The van der Waals surface area contributed by atoms with Crippen molar-refractivity contribution in [1.82, 2.24) is 9.88 Å². The summed E-state index contributed by atoms with van der Waals surface area (Å²) >= 11 is 0. The number of nitrogens with zero attached hydrogens (tertiary/aromatic N) is 1. The van der Waals surface area contributed by atoms with Crippen molar-refractivity contribution in [2.24, 2.45) is 0 Å². The highest BCUT2D eigenvalue weighted by Gasteiger charge is 2.18. The molecule has 1 saturated heterocycles. The van der Waals surface area contributed by atoms with Crippen molar-refractivity contribution >= 4 is 17.7 Å². The number of halogens is 1. The fourth-order valence-electron chi connectivity index (χ4n) is 2.69. The first-order valence-electron chi connectivity index (χ1n) is 8.18. The predicted octanol–water partition coefficient (Wildman–Crippen LogP) is 2.28. The standard InChI is InChI=1S/C19H19FN2O3/c20-15-8-6-14(7-9-15)12-17(22-10-2-1-5-18(22)23)19(24)21-13-16-4-3-11-25-16/h1-2,5-10,12,16H,3-4,11,13H2,(H,21,24)/b17-12+/t16-/m1/s1. The van der Waals surface area contributed by atoms with E-state index < -0.39 is 0 Å². The van der Waals surface area contributed by atoms with Crippen LogP contribution in [-0.4, -0.2) is 29.7 Å². The largest absolute Gasteiger partial charge is 0.376 e. The maximum atomic E-state index is 13.1. The van der Waals surface area contributed by atoms with E-state index in [4.69, 9.17) is 4.74 Å². The molecule has 2 aromatic rings. The maximum absolute atomic E-state index is 13.1. The molecule has 1 amide bonds. The first-order valence-corrected chi connectivity index (χ1v) is 8.18. The van der Waals surface area contributed by atoms with E-state index >= 15 is 0 Å². The van der Waals surface area contributed by atoms with Crippen molar-refractivity contribution in [2.75, 3.05) is 13.2 Å². The Morgan fingerprint density at radius 1 is 1.28 bits per heavy atom. The number of carbonyl (C=O) groups is 1. The Balaban J connectivity index is 1.88. The molecule has 0 aliphatic carbocycles. The van der Waals surface area contributed by atoms with Crippen molar-refractivity contribution in [2.45, 2.75) is 18.9 Å². The first kappa shape index (κ1) is 17.1. The number of rotatable bonds is 5. The molecule has 0 spiro atoms. The van der Waals surface area contributed by atoms with Crippen molar-refractivity contribution in [3.8, 4) is 0 Å². The fourth-order valence-corrected chi connectivity index (χ4v) is 2.69. The monoisotopic (exact) mass is 342 g/mol. The number of carbonyl (C=O) groups excluding carboxylic acids is 1. The van der Waals surface area contributed by atoms with Crippen LogP contribution in [0.1, 0.15) is 18.4 Å². The fraction of sp³-hybridized carbons (Fsp3) is 0.263. The van der Waals surface area contributed by atoms with Gasteiger partial charge < -0.3 is 10.1 Å². The van der Waals surface area contributed by atoms with Crippen LogP contribution < -0.4 is 10.9 Å². The molecule has 3 rings (SSSR count). The van der Waals surface area contributed by atoms with Gasteiger partial charge in [0.1, 0.15) is 11.5 Å². The Hall–Kier alpha value is -2.73. The summed E-state index contributed by atoms with van der Waals surface area (Å²) in [6.45, 7) is 1.10. The molecule has 1 N–H and O–H groups in total. The van der Waals surface area contributed by atoms with Gasteiger partial charge in [0.25, 0.3) is 11.5 Å². The third-order valence-electron chi connectivity index (χ3n) is 4.00. The van der Waals surface area contributed by atoms with Crippen molar-refractivity contribution in [3.05, 3.63) is 70.4 Å². The van der Waals surface area contributed by atoms with Gasteiger partial charge in [0.2, 0.25) is 0 Å². The highest BCUT2D eigenvalue weighted by atomic mass is 19.1. The third kappa shape index (κ3) is 4.42. The van der Waals surface area contributed by atoms with E-state index in [1.54, 1.807) is 30.3 Å². The number of aromatic nitrogens is 1. The number of ether oxygens (including phenoxy) is 1. The molecule has 25 heavy (non-hydrogen) atoms. The van der Waals surface area contributed by atoms with E-state index in [9.17, 15) is 14.0 Å². The zero-order chi connectivity index (χ0) is 17.6. The summed E-state index contributed by atoms with van der Waals surface area (Å²) in [6.07, 6.45) is 4.98. The molecule has 0 radical (unpaired) electrons. The van der Waals surface area contributed by atoms with Crippen molar-refractivity contribution < 1.29 is 13.9 Å². The van der Waals surface area contributed by atoms with E-state index in [1.165, 1.54) is 29.0 Å². The molecular weight excluding hydrogens is 323 g/mol. The summed E-state index contributed by atoms with van der Waals surface area (Å²) < 4.78 is 19.9. The molecule has 1 aliphatic rings. The van der Waals surface area contributed by atoms with Gasteiger partial charge in [-0.1, -0.05) is 18.2 Å². The Labute approximate surface area is 144 Å². The van der Waals surface area contributed by atoms with Crippen molar-refractivity contribution in [3.63, 3.8) is 0 Å². The van der Waals surface area contributed by atoms with Gasteiger partial charge in [-0.05, 0) is 42.7 Å². The third-order valence-corrected chi connectivity index (χ3v) is 4.00. The highest BCUT2D eigenvalue weighted by Crippen LogP contribution is 2.13. The normalized spacial score (nSPS) is 17.5. The Morgan fingerprint density at radius 2 is 2.08 bits per heavy atom. The quantitative estimate of drug-likeness (QED) is 0.848. The lowest BCUT2D eigenvalue weighted by Gasteiger charge is -2.14. The molecule has 1 aromatic heterocycles. The molecule has 0 unspecified atom stereocenters.